The van der Waals surface area contributed by atoms with Gasteiger partial charge in [-0.15, -0.1) is 0 Å². The second-order valence-corrected chi connectivity index (χ2v) is 8.94. The highest BCUT2D eigenvalue weighted by molar-refractivity contribution is 6.16. The van der Waals surface area contributed by atoms with E-state index in [4.69, 9.17) is 14.2 Å². The van der Waals surface area contributed by atoms with Crippen LogP contribution in [-0.4, -0.2) is 65.4 Å². The number of rotatable bonds is 7. The van der Waals surface area contributed by atoms with E-state index in [0.717, 1.165) is 80.1 Å². The van der Waals surface area contributed by atoms with Gasteiger partial charge in [0.05, 0.1) is 25.9 Å². The quantitative estimate of drug-likeness (QED) is 0.300. The number of phenolic OH excluding ortho intramolecular Hbond substituents is 2. The monoisotopic (exact) mass is 478 g/mol. The van der Waals surface area contributed by atoms with Crippen LogP contribution in [0.15, 0.2) is 36.1 Å². The van der Waals surface area contributed by atoms with Gasteiger partial charge in [0, 0.05) is 41.8 Å². The minimum absolute atomic E-state index is 0.0108. The van der Waals surface area contributed by atoms with Crippen LogP contribution in [0.4, 0.5) is 0 Å². The summed E-state index contributed by atoms with van der Waals surface area (Å²) >= 11 is 0. The van der Waals surface area contributed by atoms with Crippen LogP contribution in [0.5, 0.6) is 23.0 Å². The zero-order valence-electron chi connectivity index (χ0n) is 20.0. The normalized spacial score (nSPS) is 17.2. The highest BCUT2D eigenvalue weighted by atomic mass is 16.5. The molecule has 0 spiro atoms. The molecule has 0 saturated carbocycles. The minimum atomic E-state index is -0.430. The fourth-order valence-electron chi connectivity index (χ4n) is 4.87. The van der Waals surface area contributed by atoms with Gasteiger partial charge in [0.15, 0.2) is 17.3 Å². The van der Waals surface area contributed by atoms with Gasteiger partial charge in [0.2, 0.25) is 11.5 Å². The van der Waals surface area contributed by atoms with Crippen molar-refractivity contribution in [2.75, 3.05) is 40.0 Å². The molecule has 5 rings (SSSR count). The van der Waals surface area contributed by atoms with Gasteiger partial charge in [-0.1, -0.05) is 0 Å². The predicted octanol–water partition coefficient (Wildman–Crippen LogP) is 4.10. The molecule has 2 aliphatic heterocycles. The molecule has 184 valence electrons. The van der Waals surface area contributed by atoms with E-state index in [1.165, 1.54) is 12.1 Å². The topological polar surface area (TPSA) is 93.4 Å². The number of fused-ring (bicyclic) bond motifs is 2. The Morgan fingerprint density at radius 2 is 1.86 bits per heavy atom. The third kappa shape index (κ3) is 4.35. The van der Waals surface area contributed by atoms with E-state index >= 15 is 0 Å². The maximum atomic E-state index is 13.0. The molecule has 3 aromatic rings. The number of unbranched alkanes of at least 4 members (excludes halogenated alkanes) is 1. The van der Waals surface area contributed by atoms with Crippen LogP contribution in [0.3, 0.4) is 0 Å². The van der Waals surface area contributed by atoms with E-state index in [-0.39, 0.29) is 28.6 Å². The number of aromatic nitrogens is 1. The highest BCUT2D eigenvalue weighted by Crippen LogP contribution is 2.44. The number of ketones is 1. The summed E-state index contributed by atoms with van der Waals surface area (Å²) in [6.07, 6.45) is 3.84. The van der Waals surface area contributed by atoms with Gasteiger partial charge in [0.1, 0.15) is 5.75 Å². The van der Waals surface area contributed by atoms with Crippen molar-refractivity contribution in [3.63, 3.8) is 0 Å². The Bertz CT molecular complexity index is 1300. The molecular formula is C27H30N2O6. The zero-order valence-corrected chi connectivity index (χ0v) is 20.0. The number of benzene rings is 2. The van der Waals surface area contributed by atoms with Gasteiger partial charge in [-0.05, 0) is 62.7 Å². The summed E-state index contributed by atoms with van der Waals surface area (Å²) < 4.78 is 18.9. The summed E-state index contributed by atoms with van der Waals surface area (Å²) in [5.74, 6) is -0.260. The number of ether oxygens (including phenoxy) is 3. The van der Waals surface area contributed by atoms with Gasteiger partial charge in [0.25, 0.3) is 0 Å². The molecule has 3 heterocycles. The number of aryl methyl sites for hydroxylation is 1. The highest BCUT2D eigenvalue weighted by Gasteiger charge is 2.32. The number of allylic oxidation sites excluding steroid dienone is 1. The Kier molecular flexibility index (Phi) is 6.40. The largest absolute Gasteiger partial charge is 0.504 e. The molecule has 0 unspecified atom stereocenters. The van der Waals surface area contributed by atoms with Crippen molar-refractivity contribution < 1.29 is 29.2 Å². The van der Waals surface area contributed by atoms with Gasteiger partial charge < -0.3 is 29.0 Å². The average molecular weight is 479 g/mol. The van der Waals surface area contributed by atoms with Crippen LogP contribution >= 0.6 is 0 Å². The Morgan fingerprint density at radius 1 is 1.09 bits per heavy atom. The molecule has 1 fully saturated rings. The Hall–Kier alpha value is -3.49. The summed E-state index contributed by atoms with van der Waals surface area (Å²) in [5, 5.41) is 20.9. The third-order valence-electron chi connectivity index (χ3n) is 6.86. The molecule has 8 heteroatoms. The van der Waals surface area contributed by atoms with E-state index in [1.807, 2.05) is 25.1 Å². The number of carbonyl (C=O) groups is 1. The molecule has 0 amide bonds. The molecule has 1 aromatic heterocycles. The number of carbonyl (C=O) groups excluding carboxylic acids is 1. The average Bonchev–Trinajstić information content (AvgIpc) is 3.33. The third-order valence-corrected chi connectivity index (χ3v) is 6.86. The van der Waals surface area contributed by atoms with Crippen LogP contribution in [0.2, 0.25) is 0 Å². The van der Waals surface area contributed by atoms with Crippen LogP contribution in [0, 0.1) is 6.92 Å². The molecule has 1 saturated heterocycles. The number of phenols is 2. The van der Waals surface area contributed by atoms with E-state index < -0.39 is 5.75 Å². The van der Waals surface area contributed by atoms with Crippen molar-refractivity contribution in [2.24, 2.45) is 0 Å². The van der Waals surface area contributed by atoms with Crippen molar-refractivity contribution in [3.8, 4) is 23.0 Å². The number of morpholine rings is 1. The Morgan fingerprint density at radius 3 is 2.63 bits per heavy atom. The van der Waals surface area contributed by atoms with Crippen molar-refractivity contribution in [1.82, 2.24) is 9.47 Å². The maximum absolute atomic E-state index is 13.0. The fourth-order valence-corrected chi connectivity index (χ4v) is 4.87. The van der Waals surface area contributed by atoms with Gasteiger partial charge in [-0.25, -0.2) is 0 Å². The number of methoxy groups -OCH3 is 1. The van der Waals surface area contributed by atoms with Crippen LogP contribution < -0.4 is 9.47 Å². The first-order valence-corrected chi connectivity index (χ1v) is 11.9. The molecule has 0 aliphatic carbocycles. The fraction of sp³-hybridized carbons (Fsp3) is 0.370. The van der Waals surface area contributed by atoms with Crippen molar-refractivity contribution >= 4 is 22.8 Å². The lowest BCUT2D eigenvalue weighted by molar-refractivity contribution is 0.0371. The van der Waals surface area contributed by atoms with Crippen LogP contribution in [-0.2, 0) is 11.3 Å². The van der Waals surface area contributed by atoms with Gasteiger partial charge >= 0.3 is 0 Å². The van der Waals surface area contributed by atoms with Crippen molar-refractivity contribution in [2.45, 2.75) is 26.3 Å². The summed E-state index contributed by atoms with van der Waals surface area (Å²) in [4.78, 5) is 15.4. The lowest BCUT2D eigenvalue weighted by atomic mass is 10.1. The lowest BCUT2D eigenvalue weighted by Gasteiger charge is -2.26. The zero-order chi connectivity index (χ0) is 24.5. The SMILES string of the molecule is COc1ccc2c(c1)c(/C=C1\Oc3c(ccc(O)c3O)C1=O)c(C)n2CCCCN1CCOCC1. The molecule has 0 radical (unpaired) electrons. The molecular weight excluding hydrogens is 448 g/mol. The molecule has 35 heavy (non-hydrogen) atoms. The minimum Gasteiger partial charge on any atom is -0.504 e. The van der Waals surface area contributed by atoms with Crippen LogP contribution in [0.25, 0.3) is 17.0 Å². The summed E-state index contributed by atoms with van der Waals surface area (Å²) in [7, 11) is 1.63. The van der Waals surface area contributed by atoms with Crippen molar-refractivity contribution in [1.29, 1.82) is 0 Å². The first-order valence-electron chi connectivity index (χ1n) is 11.9. The van der Waals surface area contributed by atoms with Crippen molar-refractivity contribution in [3.05, 3.63) is 52.9 Å². The maximum Gasteiger partial charge on any atom is 0.232 e. The summed E-state index contributed by atoms with van der Waals surface area (Å²) in [5.41, 5.74) is 3.18. The second kappa shape index (κ2) is 9.64. The smallest absolute Gasteiger partial charge is 0.232 e. The van der Waals surface area contributed by atoms with E-state index in [0.29, 0.717) is 0 Å². The second-order valence-electron chi connectivity index (χ2n) is 8.94. The van der Waals surface area contributed by atoms with E-state index in [1.54, 1.807) is 13.2 Å². The van der Waals surface area contributed by atoms with Crippen LogP contribution in [0.1, 0.15) is 34.5 Å². The first-order chi connectivity index (χ1) is 17.0. The van der Waals surface area contributed by atoms with Gasteiger partial charge in [-0.2, -0.15) is 0 Å². The van der Waals surface area contributed by atoms with E-state index in [2.05, 4.69) is 9.47 Å². The number of hydrogen-bond donors (Lipinski definition) is 2. The lowest BCUT2D eigenvalue weighted by Crippen LogP contribution is -2.36. The summed E-state index contributed by atoms with van der Waals surface area (Å²) in [6, 6.07) is 8.70. The Labute approximate surface area is 203 Å². The number of Topliss-reactive ketones (excluding diaryl/α,β-unsaturated/α-hetero) is 1. The first kappa shape index (κ1) is 23.3. The molecule has 0 bridgehead atoms. The standard InChI is InChI=1S/C27H30N2O6/c1-17-20(16-24-25(31)19-6-8-23(30)26(32)27(19)35-24)21-15-18(33-2)5-7-22(21)29(17)10-4-3-9-28-11-13-34-14-12-28/h5-8,15-16,30,32H,3-4,9-14H2,1-2H3/b24-16-. The molecule has 2 N–H and O–H groups in total. The summed E-state index contributed by atoms with van der Waals surface area (Å²) in [6.45, 7) is 7.55. The molecule has 2 aliphatic rings. The van der Waals surface area contributed by atoms with E-state index in [9.17, 15) is 15.0 Å². The predicted molar refractivity (Wildman–Crippen MR) is 132 cm³/mol. The molecule has 0 atom stereocenters. The number of hydrogen-bond acceptors (Lipinski definition) is 7. The number of aromatic hydroxyl groups is 2. The Balaban J connectivity index is 1.44. The molecule has 8 nitrogen and oxygen atoms in total. The van der Waals surface area contributed by atoms with Gasteiger partial charge in [-0.3, -0.25) is 9.69 Å². The molecule has 2 aromatic carbocycles. The number of nitrogens with zero attached hydrogens (tertiary/aromatic N) is 2.